The summed E-state index contributed by atoms with van der Waals surface area (Å²) in [5.41, 5.74) is 9.51. The molecule has 3 atom stereocenters. The van der Waals surface area contributed by atoms with Crippen LogP contribution >= 0.6 is 12.2 Å². The van der Waals surface area contributed by atoms with Gasteiger partial charge in [0.1, 0.15) is 10.8 Å². The Labute approximate surface area is 131 Å². The van der Waals surface area contributed by atoms with E-state index < -0.39 is 0 Å². The highest BCUT2D eigenvalue weighted by Gasteiger charge is 2.39. The molecule has 3 N–H and O–H groups in total. The second kappa shape index (κ2) is 5.24. The maximum atomic E-state index is 5.95. The van der Waals surface area contributed by atoms with E-state index in [0.717, 1.165) is 36.1 Å². The van der Waals surface area contributed by atoms with Gasteiger partial charge in [-0.25, -0.2) is 4.98 Å². The normalized spacial score (nSPS) is 30.2. The minimum absolute atomic E-state index is 0.474. The fourth-order valence-electron chi connectivity index (χ4n) is 4.53. The maximum Gasteiger partial charge on any atom is 0.136 e. The number of anilines is 1. The van der Waals surface area contributed by atoms with Crippen LogP contribution in [0.25, 0.3) is 0 Å². The Hall–Kier alpha value is -1.16. The van der Waals surface area contributed by atoms with Gasteiger partial charge in [0.15, 0.2) is 0 Å². The minimum atomic E-state index is 0.474. The van der Waals surface area contributed by atoms with Crippen LogP contribution in [0.3, 0.4) is 0 Å². The number of pyridine rings is 1. The van der Waals surface area contributed by atoms with Crippen molar-refractivity contribution in [3.63, 3.8) is 0 Å². The SMILES string of the molecule is NC(=S)c1cc2c(nc1NC1CC3CCC1C3)CCCC2. The first kappa shape index (κ1) is 13.5. The lowest BCUT2D eigenvalue weighted by Crippen LogP contribution is -2.28. The summed E-state index contributed by atoms with van der Waals surface area (Å²) in [6, 6.07) is 2.77. The number of hydrogen-bond donors (Lipinski definition) is 2. The Kier molecular flexibility index (Phi) is 3.37. The van der Waals surface area contributed by atoms with Crippen LogP contribution in [0.1, 0.15) is 55.3 Å². The monoisotopic (exact) mass is 301 g/mol. The van der Waals surface area contributed by atoms with Gasteiger partial charge in [-0.1, -0.05) is 18.6 Å². The zero-order valence-electron chi connectivity index (χ0n) is 12.4. The lowest BCUT2D eigenvalue weighted by molar-refractivity contribution is 0.438. The predicted octanol–water partition coefficient (Wildman–Crippen LogP) is 3.20. The van der Waals surface area contributed by atoms with Gasteiger partial charge in [-0.2, -0.15) is 0 Å². The first-order valence-corrected chi connectivity index (χ1v) is 8.70. The molecule has 3 nitrogen and oxygen atoms in total. The molecule has 2 bridgehead atoms. The second-order valence-corrected chi connectivity index (χ2v) is 7.43. The molecule has 1 heterocycles. The molecule has 0 spiro atoms. The number of nitrogens with zero attached hydrogens (tertiary/aromatic N) is 1. The van der Waals surface area contributed by atoms with Crippen molar-refractivity contribution in [1.29, 1.82) is 0 Å². The molecule has 1 aromatic heterocycles. The van der Waals surface area contributed by atoms with E-state index in [1.54, 1.807) is 0 Å². The Morgan fingerprint density at radius 2 is 2.10 bits per heavy atom. The molecule has 3 aliphatic rings. The maximum absolute atomic E-state index is 5.95. The Bertz CT molecular complexity index is 584. The number of nitrogens with two attached hydrogens (primary N) is 1. The standard InChI is InChI=1S/C17H23N3S/c18-16(21)13-9-11-3-1-2-4-14(11)19-17(13)20-15-8-10-5-6-12(15)7-10/h9-10,12,15H,1-8H2,(H2,18,21)(H,19,20). The van der Waals surface area contributed by atoms with Crippen molar-refractivity contribution in [2.75, 3.05) is 5.32 Å². The van der Waals surface area contributed by atoms with E-state index in [1.807, 2.05) is 0 Å². The van der Waals surface area contributed by atoms with Crippen LogP contribution in [0.5, 0.6) is 0 Å². The average molecular weight is 301 g/mol. The highest BCUT2D eigenvalue weighted by Crippen LogP contribution is 2.45. The molecule has 2 fully saturated rings. The molecule has 4 heteroatoms. The molecule has 0 radical (unpaired) electrons. The van der Waals surface area contributed by atoms with Crippen molar-refractivity contribution in [2.45, 2.75) is 57.4 Å². The van der Waals surface area contributed by atoms with E-state index in [1.165, 1.54) is 49.8 Å². The van der Waals surface area contributed by atoms with Gasteiger partial charge in [-0.15, -0.1) is 0 Å². The average Bonchev–Trinajstić information content (AvgIpc) is 3.09. The predicted molar refractivity (Wildman–Crippen MR) is 89.6 cm³/mol. The molecule has 0 saturated heterocycles. The highest BCUT2D eigenvalue weighted by atomic mass is 32.1. The van der Waals surface area contributed by atoms with Crippen LogP contribution < -0.4 is 11.1 Å². The third kappa shape index (κ3) is 2.44. The molecular formula is C17H23N3S. The minimum Gasteiger partial charge on any atom is -0.389 e. The van der Waals surface area contributed by atoms with Crippen LogP contribution in [-0.4, -0.2) is 16.0 Å². The summed E-state index contributed by atoms with van der Waals surface area (Å²) >= 11 is 5.26. The summed E-state index contributed by atoms with van der Waals surface area (Å²) in [5, 5.41) is 3.69. The van der Waals surface area contributed by atoms with Gasteiger partial charge < -0.3 is 11.1 Å². The lowest BCUT2D eigenvalue weighted by atomic mass is 9.93. The van der Waals surface area contributed by atoms with Crippen LogP contribution in [-0.2, 0) is 12.8 Å². The van der Waals surface area contributed by atoms with Crippen LogP contribution in [0.15, 0.2) is 6.07 Å². The first-order valence-electron chi connectivity index (χ1n) is 8.30. The van der Waals surface area contributed by atoms with Crippen LogP contribution in [0.4, 0.5) is 5.82 Å². The molecule has 0 amide bonds. The molecule has 0 aliphatic heterocycles. The first-order chi connectivity index (χ1) is 10.2. The Morgan fingerprint density at radius 1 is 1.24 bits per heavy atom. The van der Waals surface area contributed by atoms with E-state index in [2.05, 4.69) is 11.4 Å². The van der Waals surface area contributed by atoms with Crippen molar-refractivity contribution in [3.05, 3.63) is 22.9 Å². The topological polar surface area (TPSA) is 50.9 Å². The number of thiocarbonyl (C=S) groups is 1. The number of rotatable bonds is 3. The highest BCUT2D eigenvalue weighted by molar-refractivity contribution is 7.80. The van der Waals surface area contributed by atoms with E-state index in [-0.39, 0.29) is 0 Å². The quantitative estimate of drug-likeness (QED) is 0.842. The molecule has 3 aliphatic carbocycles. The van der Waals surface area contributed by atoms with Crippen LogP contribution in [0, 0.1) is 11.8 Å². The largest absolute Gasteiger partial charge is 0.389 e. The summed E-state index contributed by atoms with van der Waals surface area (Å²) in [7, 11) is 0. The summed E-state index contributed by atoms with van der Waals surface area (Å²) < 4.78 is 0. The van der Waals surface area contributed by atoms with Gasteiger partial charge in [0, 0.05) is 11.7 Å². The van der Waals surface area contributed by atoms with Crippen LogP contribution in [0.2, 0.25) is 0 Å². The number of aromatic nitrogens is 1. The van der Waals surface area contributed by atoms with Gasteiger partial charge in [-0.05, 0) is 68.4 Å². The fourth-order valence-corrected chi connectivity index (χ4v) is 4.68. The van der Waals surface area contributed by atoms with E-state index >= 15 is 0 Å². The number of hydrogen-bond acceptors (Lipinski definition) is 3. The van der Waals surface area contributed by atoms with Crippen molar-refractivity contribution in [3.8, 4) is 0 Å². The van der Waals surface area contributed by atoms with Crippen molar-refractivity contribution < 1.29 is 0 Å². The van der Waals surface area contributed by atoms with E-state index in [4.69, 9.17) is 22.9 Å². The van der Waals surface area contributed by atoms with Gasteiger partial charge in [-0.3, -0.25) is 0 Å². The zero-order chi connectivity index (χ0) is 14.4. The van der Waals surface area contributed by atoms with Gasteiger partial charge in [0.2, 0.25) is 0 Å². The van der Waals surface area contributed by atoms with Gasteiger partial charge >= 0.3 is 0 Å². The Balaban J connectivity index is 1.65. The molecule has 21 heavy (non-hydrogen) atoms. The Morgan fingerprint density at radius 3 is 2.81 bits per heavy atom. The van der Waals surface area contributed by atoms with E-state index in [9.17, 15) is 0 Å². The molecular weight excluding hydrogens is 278 g/mol. The molecule has 112 valence electrons. The third-order valence-corrected chi connectivity index (χ3v) is 5.85. The van der Waals surface area contributed by atoms with Gasteiger partial charge in [0.25, 0.3) is 0 Å². The summed E-state index contributed by atoms with van der Waals surface area (Å²) in [5.74, 6) is 2.70. The molecule has 1 aromatic rings. The van der Waals surface area contributed by atoms with Crippen molar-refractivity contribution in [1.82, 2.24) is 4.98 Å². The van der Waals surface area contributed by atoms with Crippen molar-refractivity contribution in [2.24, 2.45) is 17.6 Å². The summed E-state index contributed by atoms with van der Waals surface area (Å²) in [6.07, 6.45) is 10.2. The smallest absolute Gasteiger partial charge is 0.136 e. The zero-order valence-corrected chi connectivity index (χ0v) is 13.2. The molecule has 3 unspecified atom stereocenters. The second-order valence-electron chi connectivity index (χ2n) is 6.99. The number of fused-ring (bicyclic) bond motifs is 3. The number of nitrogens with one attached hydrogen (secondary N) is 1. The van der Waals surface area contributed by atoms with Gasteiger partial charge in [0.05, 0.1) is 5.56 Å². The number of aryl methyl sites for hydroxylation is 2. The molecule has 4 rings (SSSR count). The molecule has 2 saturated carbocycles. The van der Waals surface area contributed by atoms with Crippen molar-refractivity contribution >= 4 is 23.0 Å². The molecule has 0 aromatic carbocycles. The van der Waals surface area contributed by atoms with E-state index in [0.29, 0.717) is 11.0 Å². The summed E-state index contributed by atoms with van der Waals surface area (Å²) in [6.45, 7) is 0. The summed E-state index contributed by atoms with van der Waals surface area (Å²) in [4.78, 5) is 5.38. The third-order valence-electron chi connectivity index (χ3n) is 5.63. The lowest BCUT2D eigenvalue weighted by Gasteiger charge is -2.26. The fraction of sp³-hybridized carbons (Fsp3) is 0.647.